The molecule has 5 nitrogen and oxygen atoms in total. The molecular formula is C21H24ClN3O2. The number of carbonyl (C=O) groups is 1. The van der Waals surface area contributed by atoms with E-state index in [0.717, 1.165) is 37.5 Å². The Labute approximate surface area is 164 Å². The number of nitrogens with zero attached hydrogens (tertiary/aromatic N) is 3. The van der Waals surface area contributed by atoms with Gasteiger partial charge in [0.2, 0.25) is 5.91 Å². The van der Waals surface area contributed by atoms with Crippen LogP contribution in [0.15, 0.2) is 42.7 Å². The lowest BCUT2D eigenvalue weighted by Crippen LogP contribution is -2.34. The number of carbonyl (C=O) groups excluding carboxylic acids is 1. The summed E-state index contributed by atoms with van der Waals surface area (Å²) in [6.07, 6.45) is 3.49. The van der Waals surface area contributed by atoms with E-state index in [2.05, 4.69) is 22.0 Å². The lowest BCUT2D eigenvalue weighted by Gasteiger charge is -2.29. The molecule has 3 atom stereocenters. The van der Waals surface area contributed by atoms with Crippen molar-refractivity contribution in [3.05, 3.63) is 58.9 Å². The van der Waals surface area contributed by atoms with E-state index in [0.29, 0.717) is 16.9 Å². The molecule has 2 aromatic rings. The highest BCUT2D eigenvalue weighted by Gasteiger charge is 2.48. The second-order valence-corrected chi connectivity index (χ2v) is 7.88. The third kappa shape index (κ3) is 3.54. The number of pyridine rings is 1. The van der Waals surface area contributed by atoms with Crippen LogP contribution in [0.3, 0.4) is 0 Å². The number of aromatic nitrogens is 1. The summed E-state index contributed by atoms with van der Waals surface area (Å²) in [7, 11) is 1.67. The lowest BCUT2D eigenvalue weighted by atomic mass is 9.89. The van der Waals surface area contributed by atoms with Gasteiger partial charge < -0.3 is 9.64 Å². The zero-order valence-corrected chi connectivity index (χ0v) is 16.4. The summed E-state index contributed by atoms with van der Waals surface area (Å²) < 4.78 is 5.28. The van der Waals surface area contributed by atoms with Gasteiger partial charge >= 0.3 is 0 Å². The van der Waals surface area contributed by atoms with Crippen LogP contribution in [0.2, 0.25) is 5.02 Å². The number of hydrogen-bond donors (Lipinski definition) is 0. The van der Waals surface area contributed by atoms with Crippen LogP contribution in [0, 0.1) is 11.8 Å². The summed E-state index contributed by atoms with van der Waals surface area (Å²) in [4.78, 5) is 20.8. The summed E-state index contributed by atoms with van der Waals surface area (Å²) in [5.74, 6) is 1.90. The Hall–Kier alpha value is -2.11. The minimum absolute atomic E-state index is 0.122. The summed E-state index contributed by atoms with van der Waals surface area (Å²) in [6.45, 7) is 5.26. The Morgan fingerprint density at radius 3 is 2.67 bits per heavy atom. The monoisotopic (exact) mass is 385 g/mol. The van der Waals surface area contributed by atoms with E-state index in [4.69, 9.17) is 16.3 Å². The van der Waals surface area contributed by atoms with Crippen LogP contribution in [0.4, 0.5) is 0 Å². The van der Waals surface area contributed by atoms with Crippen molar-refractivity contribution >= 4 is 17.5 Å². The molecule has 6 heteroatoms. The molecule has 4 rings (SSSR count). The molecule has 0 saturated carbocycles. The van der Waals surface area contributed by atoms with Crippen molar-refractivity contribution in [2.45, 2.75) is 19.5 Å². The van der Waals surface area contributed by atoms with E-state index in [1.807, 2.05) is 23.1 Å². The Kier molecular flexibility index (Phi) is 5.06. The molecule has 3 heterocycles. The smallest absolute Gasteiger partial charge is 0.219 e. The molecule has 1 aromatic carbocycles. The number of ether oxygens (including phenoxy) is 1. The van der Waals surface area contributed by atoms with Crippen molar-refractivity contribution in [2.75, 3.05) is 26.7 Å². The van der Waals surface area contributed by atoms with Crippen LogP contribution >= 0.6 is 11.6 Å². The molecule has 0 bridgehead atoms. The molecular weight excluding hydrogens is 362 g/mol. The molecule has 0 N–H and O–H groups in total. The highest BCUT2D eigenvalue weighted by molar-refractivity contribution is 6.31. The first-order chi connectivity index (χ1) is 13.1. The highest BCUT2D eigenvalue weighted by Crippen LogP contribution is 2.45. The number of fused-ring (bicyclic) bond motifs is 1. The number of hydrogen-bond acceptors (Lipinski definition) is 4. The first-order valence-corrected chi connectivity index (χ1v) is 9.66. The van der Waals surface area contributed by atoms with Crippen molar-refractivity contribution in [3.8, 4) is 5.75 Å². The molecule has 0 aliphatic carbocycles. The zero-order valence-electron chi connectivity index (χ0n) is 15.6. The van der Waals surface area contributed by atoms with Crippen molar-refractivity contribution in [2.24, 2.45) is 11.8 Å². The van der Waals surface area contributed by atoms with Gasteiger partial charge in [0.25, 0.3) is 0 Å². The fourth-order valence-corrected chi connectivity index (χ4v) is 4.77. The first kappa shape index (κ1) is 18.3. The van der Waals surface area contributed by atoms with Crippen LogP contribution in [0.5, 0.6) is 5.75 Å². The van der Waals surface area contributed by atoms with Gasteiger partial charge in [0.1, 0.15) is 5.75 Å². The van der Waals surface area contributed by atoms with Gasteiger partial charge in [-0.05, 0) is 35.2 Å². The maximum atomic E-state index is 12.3. The van der Waals surface area contributed by atoms with E-state index in [1.165, 1.54) is 5.56 Å². The van der Waals surface area contributed by atoms with E-state index < -0.39 is 0 Å². The van der Waals surface area contributed by atoms with Gasteiger partial charge in [-0.1, -0.05) is 23.7 Å². The minimum Gasteiger partial charge on any atom is -0.497 e. The molecule has 0 spiro atoms. The number of likely N-dealkylation sites (tertiary alicyclic amines) is 2. The number of methoxy groups -OCH3 is 1. The molecule has 1 aromatic heterocycles. The van der Waals surface area contributed by atoms with Crippen molar-refractivity contribution in [1.29, 1.82) is 0 Å². The van der Waals surface area contributed by atoms with Gasteiger partial charge in [-0.3, -0.25) is 14.7 Å². The summed E-state index contributed by atoms with van der Waals surface area (Å²) in [5.41, 5.74) is 2.29. The number of rotatable bonds is 4. The quantitative estimate of drug-likeness (QED) is 0.809. The van der Waals surface area contributed by atoms with Crippen LogP contribution in [0.1, 0.15) is 24.1 Å². The Bertz CT molecular complexity index is 826. The number of halogens is 1. The second kappa shape index (κ2) is 7.49. The summed E-state index contributed by atoms with van der Waals surface area (Å²) >= 11 is 6.29. The van der Waals surface area contributed by atoms with E-state index in [1.54, 1.807) is 26.4 Å². The molecule has 2 saturated heterocycles. The molecule has 2 fully saturated rings. The minimum atomic E-state index is 0.122. The topological polar surface area (TPSA) is 45.7 Å². The van der Waals surface area contributed by atoms with Gasteiger partial charge in [-0.15, -0.1) is 0 Å². The van der Waals surface area contributed by atoms with Gasteiger partial charge in [0, 0.05) is 51.4 Å². The second-order valence-electron chi connectivity index (χ2n) is 7.47. The predicted molar refractivity (Wildman–Crippen MR) is 105 cm³/mol. The average molecular weight is 386 g/mol. The third-order valence-electron chi connectivity index (χ3n) is 5.85. The molecule has 1 amide bonds. The molecule has 2 aliphatic rings. The van der Waals surface area contributed by atoms with Crippen LogP contribution < -0.4 is 4.74 Å². The summed E-state index contributed by atoms with van der Waals surface area (Å²) in [6, 6.07) is 10.2. The Balaban J connectivity index is 1.55. The van der Waals surface area contributed by atoms with Crippen LogP contribution in [-0.2, 0) is 11.3 Å². The van der Waals surface area contributed by atoms with Gasteiger partial charge in [0.05, 0.1) is 18.2 Å². The van der Waals surface area contributed by atoms with Crippen LogP contribution in [-0.4, -0.2) is 47.4 Å². The van der Waals surface area contributed by atoms with Gasteiger partial charge in [-0.2, -0.15) is 0 Å². The number of benzene rings is 1. The van der Waals surface area contributed by atoms with E-state index >= 15 is 0 Å². The molecule has 0 unspecified atom stereocenters. The summed E-state index contributed by atoms with van der Waals surface area (Å²) in [5, 5.41) is 0.714. The fraction of sp³-hybridized carbons (Fsp3) is 0.429. The SMILES string of the molecule is COc1ccc([C@H]2[C@@H]3CN(Cc4ccncc4Cl)C[C@@H]3CN2C(C)=O)cc1. The highest BCUT2D eigenvalue weighted by atomic mass is 35.5. The normalized spacial score (nSPS) is 24.9. The van der Waals surface area contributed by atoms with E-state index in [9.17, 15) is 4.79 Å². The van der Waals surface area contributed by atoms with Crippen molar-refractivity contribution in [1.82, 2.24) is 14.8 Å². The molecule has 0 radical (unpaired) electrons. The van der Waals surface area contributed by atoms with E-state index in [-0.39, 0.29) is 11.9 Å². The average Bonchev–Trinajstić information content (AvgIpc) is 3.21. The predicted octanol–water partition coefficient (Wildman–Crippen LogP) is 3.40. The fourth-order valence-electron chi connectivity index (χ4n) is 4.59. The maximum absolute atomic E-state index is 12.3. The van der Waals surface area contributed by atoms with Crippen molar-refractivity contribution < 1.29 is 9.53 Å². The first-order valence-electron chi connectivity index (χ1n) is 9.28. The zero-order chi connectivity index (χ0) is 19.0. The molecule has 27 heavy (non-hydrogen) atoms. The standard InChI is InChI=1S/C21H24ClN3O2/c1-14(26)25-12-17-11-24(10-16-7-8-23-9-20(16)22)13-19(17)21(25)15-3-5-18(27-2)6-4-15/h3-9,17,19,21H,10-13H2,1-2H3/t17-,19-,21+/m1/s1. The Morgan fingerprint density at radius 2 is 2.00 bits per heavy atom. The maximum Gasteiger partial charge on any atom is 0.219 e. The molecule has 2 aliphatic heterocycles. The number of amides is 1. The Morgan fingerprint density at radius 1 is 1.22 bits per heavy atom. The largest absolute Gasteiger partial charge is 0.497 e. The lowest BCUT2D eigenvalue weighted by molar-refractivity contribution is -0.130. The third-order valence-corrected chi connectivity index (χ3v) is 6.19. The van der Waals surface area contributed by atoms with Crippen molar-refractivity contribution in [3.63, 3.8) is 0 Å². The van der Waals surface area contributed by atoms with Gasteiger partial charge in [0.15, 0.2) is 0 Å². The molecule has 142 valence electrons. The van der Waals surface area contributed by atoms with Gasteiger partial charge in [-0.25, -0.2) is 0 Å². The van der Waals surface area contributed by atoms with Crippen LogP contribution in [0.25, 0.3) is 0 Å².